The van der Waals surface area contributed by atoms with Gasteiger partial charge in [0.15, 0.2) is 6.10 Å². The minimum atomic E-state index is -4.72. The molecule has 0 radical (unpaired) electrons. The number of hydrogen-bond acceptors (Lipinski definition) is 6. The molecule has 9 heteroatoms. The molecule has 0 aliphatic carbocycles. The summed E-state index contributed by atoms with van der Waals surface area (Å²) in [5, 5.41) is 0. The molecule has 0 amide bonds. The van der Waals surface area contributed by atoms with Crippen LogP contribution in [0.2, 0.25) is 0 Å². The van der Waals surface area contributed by atoms with E-state index < -0.39 is 32.5 Å². The SMILES string of the molecule is CCCCCCCCCCCCCCC(=O)O[C@H](COC(=O)CCCCCCC)COP(=O)(O)O. The number of phosphoric ester groups is 1. The Labute approximate surface area is 213 Å². The molecule has 0 aliphatic heterocycles. The Morgan fingerprint density at radius 1 is 0.629 bits per heavy atom. The summed E-state index contributed by atoms with van der Waals surface area (Å²) in [6, 6.07) is 0. The lowest BCUT2D eigenvalue weighted by Crippen LogP contribution is -2.29. The second-order valence-electron chi connectivity index (χ2n) is 9.38. The molecule has 0 aliphatic rings. The van der Waals surface area contributed by atoms with Crippen molar-refractivity contribution in [1.29, 1.82) is 0 Å². The van der Waals surface area contributed by atoms with Crippen molar-refractivity contribution in [2.24, 2.45) is 0 Å². The van der Waals surface area contributed by atoms with E-state index >= 15 is 0 Å². The molecular formula is C26H51O8P. The van der Waals surface area contributed by atoms with Crippen molar-refractivity contribution >= 4 is 19.8 Å². The van der Waals surface area contributed by atoms with Crippen LogP contribution in [0.25, 0.3) is 0 Å². The summed E-state index contributed by atoms with van der Waals surface area (Å²) < 4.78 is 25.9. The summed E-state index contributed by atoms with van der Waals surface area (Å²) in [6.07, 6.45) is 18.7. The molecule has 1 atom stereocenters. The molecule has 2 N–H and O–H groups in total. The summed E-state index contributed by atoms with van der Waals surface area (Å²) in [4.78, 5) is 41.9. The Bertz CT molecular complexity index is 564. The molecule has 0 rings (SSSR count). The van der Waals surface area contributed by atoms with Gasteiger partial charge in [0.2, 0.25) is 0 Å². The second-order valence-corrected chi connectivity index (χ2v) is 10.6. The van der Waals surface area contributed by atoms with Gasteiger partial charge in [-0.1, -0.05) is 110 Å². The third kappa shape index (κ3) is 25.9. The Kier molecular flexibility index (Phi) is 22.8. The van der Waals surface area contributed by atoms with Crippen LogP contribution in [-0.4, -0.2) is 41.0 Å². The molecule has 0 saturated heterocycles. The largest absolute Gasteiger partial charge is 0.469 e. The van der Waals surface area contributed by atoms with Crippen LogP contribution in [0.5, 0.6) is 0 Å². The summed E-state index contributed by atoms with van der Waals surface area (Å²) in [5.74, 6) is -0.897. The van der Waals surface area contributed by atoms with Gasteiger partial charge >= 0.3 is 19.8 Å². The highest BCUT2D eigenvalue weighted by Gasteiger charge is 2.22. The Morgan fingerprint density at radius 2 is 1.03 bits per heavy atom. The first-order chi connectivity index (χ1) is 16.8. The topological polar surface area (TPSA) is 119 Å². The number of ether oxygens (including phenoxy) is 2. The van der Waals surface area contributed by atoms with Gasteiger partial charge in [0.25, 0.3) is 0 Å². The zero-order valence-corrected chi connectivity index (χ0v) is 23.1. The molecule has 208 valence electrons. The van der Waals surface area contributed by atoms with Gasteiger partial charge in [-0.2, -0.15) is 0 Å². The summed E-state index contributed by atoms with van der Waals surface area (Å²) in [7, 11) is -4.72. The van der Waals surface area contributed by atoms with Gasteiger partial charge < -0.3 is 19.3 Å². The fourth-order valence-corrected chi connectivity index (χ4v) is 4.14. The van der Waals surface area contributed by atoms with Crippen LogP contribution < -0.4 is 0 Å². The highest BCUT2D eigenvalue weighted by Crippen LogP contribution is 2.35. The zero-order valence-electron chi connectivity index (χ0n) is 22.2. The first-order valence-corrected chi connectivity index (χ1v) is 15.4. The highest BCUT2D eigenvalue weighted by atomic mass is 31.2. The monoisotopic (exact) mass is 522 g/mol. The van der Waals surface area contributed by atoms with Crippen LogP contribution in [0.3, 0.4) is 0 Å². The molecule has 0 aromatic carbocycles. The average molecular weight is 523 g/mol. The number of esters is 2. The van der Waals surface area contributed by atoms with Gasteiger partial charge in [0.1, 0.15) is 6.61 Å². The molecular weight excluding hydrogens is 471 g/mol. The Morgan fingerprint density at radius 3 is 1.46 bits per heavy atom. The summed E-state index contributed by atoms with van der Waals surface area (Å²) in [5.41, 5.74) is 0. The number of carbonyl (C=O) groups excluding carboxylic acids is 2. The van der Waals surface area contributed by atoms with Gasteiger partial charge in [-0.25, -0.2) is 4.57 Å². The Balaban J connectivity index is 4.03. The van der Waals surface area contributed by atoms with Crippen molar-refractivity contribution in [3.8, 4) is 0 Å². The van der Waals surface area contributed by atoms with Gasteiger partial charge in [0, 0.05) is 12.8 Å². The minimum Gasteiger partial charge on any atom is -0.462 e. The fraction of sp³-hybridized carbons (Fsp3) is 0.923. The maximum absolute atomic E-state index is 12.2. The van der Waals surface area contributed by atoms with E-state index in [0.29, 0.717) is 6.42 Å². The lowest BCUT2D eigenvalue weighted by Gasteiger charge is -2.18. The molecule has 0 aromatic heterocycles. The highest BCUT2D eigenvalue weighted by molar-refractivity contribution is 7.46. The average Bonchev–Trinajstić information content (AvgIpc) is 2.80. The van der Waals surface area contributed by atoms with Crippen LogP contribution in [0.1, 0.15) is 136 Å². The quantitative estimate of drug-likeness (QED) is 0.0747. The molecule has 0 unspecified atom stereocenters. The van der Waals surface area contributed by atoms with Crippen molar-refractivity contribution < 1.29 is 37.9 Å². The lowest BCUT2D eigenvalue weighted by molar-refractivity contribution is -0.161. The predicted molar refractivity (Wildman–Crippen MR) is 138 cm³/mol. The number of hydrogen-bond donors (Lipinski definition) is 2. The van der Waals surface area contributed by atoms with Crippen molar-refractivity contribution in [2.75, 3.05) is 13.2 Å². The zero-order chi connectivity index (χ0) is 26.2. The van der Waals surface area contributed by atoms with Crippen LogP contribution in [0, 0.1) is 0 Å². The normalized spacial score (nSPS) is 12.5. The van der Waals surface area contributed by atoms with E-state index in [9.17, 15) is 14.2 Å². The van der Waals surface area contributed by atoms with Crippen LogP contribution >= 0.6 is 7.82 Å². The van der Waals surface area contributed by atoms with Crippen molar-refractivity contribution in [3.05, 3.63) is 0 Å². The molecule has 8 nitrogen and oxygen atoms in total. The first kappa shape index (κ1) is 34.0. The molecule has 35 heavy (non-hydrogen) atoms. The van der Waals surface area contributed by atoms with Crippen LogP contribution in [0.15, 0.2) is 0 Å². The molecule has 0 bridgehead atoms. The first-order valence-electron chi connectivity index (χ1n) is 13.8. The van der Waals surface area contributed by atoms with E-state index in [4.69, 9.17) is 19.3 Å². The third-order valence-electron chi connectivity index (χ3n) is 5.88. The second kappa shape index (κ2) is 23.4. The standard InChI is InChI=1S/C26H51O8P/c1-3-5-7-9-10-11-12-13-14-15-17-19-21-26(28)34-24(23-33-35(29,30)31)22-32-25(27)20-18-16-8-6-4-2/h24H,3-23H2,1-2H3,(H2,29,30,31)/t24-/m1/s1. The predicted octanol–water partition coefficient (Wildman–Crippen LogP) is 7.00. The maximum Gasteiger partial charge on any atom is 0.469 e. The summed E-state index contributed by atoms with van der Waals surface area (Å²) in [6.45, 7) is 3.54. The smallest absolute Gasteiger partial charge is 0.462 e. The lowest BCUT2D eigenvalue weighted by atomic mass is 10.0. The Hall–Kier alpha value is -0.950. The number of rotatable bonds is 25. The minimum absolute atomic E-state index is 0.217. The number of carbonyl (C=O) groups is 2. The summed E-state index contributed by atoms with van der Waals surface area (Å²) >= 11 is 0. The van der Waals surface area contributed by atoms with E-state index in [2.05, 4.69) is 18.4 Å². The van der Waals surface area contributed by atoms with E-state index in [1.807, 2.05) is 0 Å². The molecule has 0 spiro atoms. The number of phosphoric acid groups is 1. The van der Waals surface area contributed by atoms with Crippen LogP contribution in [0.4, 0.5) is 0 Å². The molecule has 0 saturated carbocycles. The van der Waals surface area contributed by atoms with Gasteiger partial charge in [-0.15, -0.1) is 0 Å². The van der Waals surface area contributed by atoms with Crippen LogP contribution in [-0.2, 0) is 28.2 Å². The van der Waals surface area contributed by atoms with Crippen molar-refractivity contribution in [2.45, 2.75) is 142 Å². The maximum atomic E-state index is 12.2. The molecule has 0 aromatic rings. The van der Waals surface area contributed by atoms with Crippen molar-refractivity contribution in [3.63, 3.8) is 0 Å². The molecule has 0 heterocycles. The van der Waals surface area contributed by atoms with Gasteiger partial charge in [-0.05, 0) is 12.8 Å². The van der Waals surface area contributed by atoms with Gasteiger partial charge in [-0.3, -0.25) is 14.1 Å². The van der Waals surface area contributed by atoms with E-state index in [-0.39, 0.29) is 19.4 Å². The van der Waals surface area contributed by atoms with E-state index in [1.54, 1.807) is 0 Å². The van der Waals surface area contributed by atoms with Crippen molar-refractivity contribution in [1.82, 2.24) is 0 Å². The third-order valence-corrected chi connectivity index (χ3v) is 6.36. The van der Waals surface area contributed by atoms with E-state index in [1.165, 1.54) is 51.4 Å². The molecule has 0 fully saturated rings. The van der Waals surface area contributed by atoms with Gasteiger partial charge in [0.05, 0.1) is 6.61 Å². The van der Waals surface area contributed by atoms with E-state index in [0.717, 1.165) is 51.4 Å². The fourth-order valence-electron chi connectivity index (χ4n) is 3.78. The number of unbranched alkanes of at least 4 members (excludes halogenated alkanes) is 15.